The molecule has 1 aromatic rings. The molecule has 0 radical (unpaired) electrons. The van der Waals surface area contributed by atoms with Gasteiger partial charge in [-0.05, 0) is 19.4 Å². The molecule has 4 nitrogen and oxygen atoms in total. The quantitative estimate of drug-likeness (QED) is 0.529. The number of aliphatic carboxylic acids is 1. The zero-order valence-corrected chi connectivity index (χ0v) is 9.51. The first-order chi connectivity index (χ1) is 7.01. The van der Waals surface area contributed by atoms with Crippen LogP contribution in [0.25, 0.3) is 0 Å². The standard InChI is InChI=1S/C8H13N2.C3H6O2/c1-4-8(2)10-6-5-9(3)7-10;1-2-3(4)5/h4-8H,1H2,2-3H3;2H2,1H3,(H,4,5)/q+1;/p-1. The number of allylic oxidation sites excluding steroid dienone is 1. The van der Waals surface area contributed by atoms with E-state index in [0.29, 0.717) is 6.04 Å². The molecule has 0 N–H and O–H groups in total. The van der Waals surface area contributed by atoms with Crippen molar-refractivity contribution < 1.29 is 14.5 Å². The molecule has 0 aliphatic carbocycles. The van der Waals surface area contributed by atoms with Crippen LogP contribution in [0.1, 0.15) is 26.3 Å². The third-order valence-electron chi connectivity index (χ3n) is 1.89. The number of aromatic nitrogens is 2. The van der Waals surface area contributed by atoms with Crippen LogP contribution in [0.5, 0.6) is 0 Å². The van der Waals surface area contributed by atoms with Crippen LogP contribution in [-0.4, -0.2) is 10.5 Å². The maximum atomic E-state index is 9.26. The minimum absolute atomic E-state index is 0.111. The van der Waals surface area contributed by atoms with Gasteiger partial charge in [-0.3, -0.25) is 0 Å². The Hall–Kier alpha value is -1.58. The fourth-order valence-electron chi connectivity index (χ4n) is 0.832. The van der Waals surface area contributed by atoms with Gasteiger partial charge in [0, 0.05) is 5.97 Å². The molecule has 1 aromatic heterocycles. The number of hydrogen-bond acceptors (Lipinski definition) is 2. The molecule has 0 spiro atoms. The lowest BCUT2D eigenvalue weighted by molar-refractivity contribution is -0.671. The molecule has 1 heterocycles. The van der Waals surface area contributed by atoms with E-state index < -0.39 is 5.97 Å². The van der Waals surface area contributed by atoms with Crippen molar-refractivity contribution in [1.82, 2.24) is 4.57 Å². The third kappa shape index (κ3) is 5.67. The number of imidazole rings is 1. The first-order valence-electron chi connectivity index (χ1n) is 4.86. The number of rotatable bonds is 3. The van der Waals surface area contributed by atoms with Crippen molar-refractivity contribution in [2.75, 3.05) is 0 Å². The maximum absolute atomic E-state index is 9.26. The van der Waals surface area contributed by atoms with Crippen LogP contribution in [0.4, 0.5) is 0 Å². The van der Waals surface area contributed by atoms with E-state index in [-0.39, 0.29) is 6.42 Å². The van der Waals surface area contributed by atoms with Crippen LogP contribution in [-0.2, 0) is 11.8 Å². The summed E-state index contributed by atoms with van der Waals surface area (Å²) in [6.07, 6.45) is 8.11. The summed E-state index contributed by atoms with van der Waals surface area (Å²) in [5, 5.41) is 9.26. The van der Waals surface area contributed by atoms with E-state index in [2.05, 4.69) is 18.1 Å². The first kappa shape index (κ1) is 13.4. The summed E-state index contributed by atoms with van der Waals surface area (Å²) in [6.45, 7) is 7.36. The van der Waals surface area contributed by atoms with Gasteiger partial charge < -0.3 is 9.90 Å². The summed E-state index contributed by atoms with van der Waals surface area (Å²) in [4.78, 5) is 9.26. The maximum Gasteiger partial charge on any atom is 0.244 e. The summed E-state index contributed by atoms with van der Waals surface area (Å²) in [5.41, 5.74) is 0. The van der Waals surface area contributed by atoms with Crippen molar-refractivity contribution >= 4 is 5.97 Å². The molecule has 0 saturated carbocycles. The minimum Gasteiger partial charge on any atom is -0.550 e. The largest absolute Gasteiger partial charge is 0.550 e. The average Bonchev–Trinajstić information content (AvgIpc) is 2.64. The highest BCUT2D eigenvalue weighted by Crippen LogP contribution is 2.02. The van der Waals surface area contributed by atoms with Gasteiger partial charge in [-0.1, -0.05) is 13.5 Å². The summed E-state index contributed by atoms with van der Waals surface area (Å²) in [6, 6.07) is 0.390. The molecular weight excluding hydrogens is 192 g/mol. The van der Waals surface area contributed by atoms with Gasteiger partial charge in [0.1, 0.15) is 18.4 Å². The molecule has 1 unspecified atom stereocenters. The Morgan fingerprint density at radius 2 is 2.27 bits per heavy atom. The molecule has 1 atom stereocenters. The van der Waals surface area contributed by atoms with E-state index in [4.69, 9.17) is 0 Å². The summed E-state index contributed by atoms with van der Waals surface area (Å²) < 4.78 is 4.12. The molecule has 84 valence electrons. The zero-order valence-electron chi connectivity index (χ0n) is 9.51. The second-order valence-electron chi connectivity index (χ2n) is 3.23. The Labute approximate surface area is 90.5 Å². The molecule has 0 aliphatic heterocycles. The van der Waals surface area contributed by atoms with Gasteiger partial charge in [0.15, 0.2) is 0 Å². The predicted molar refractivity (Wildman–Crippen MR) is 55.8 cm³/mol. The second-order valence-corrected chi connectivity index (χ2v) is 3.23. The van der Waals surface area contributed by atoms with Crippen LogP contribution >= 0.6 is 0 Å². The van der Waals surface area contributed by atoms with Gasteiger partial charge in [-0.15, -0.1) is 0 Å². The van der Waals surface area contributed by atoms with Crippen molar-refractivity contribution in [3.63, 3.8) is 0 Å². The van der Waals surface area contributed by atoms with Gasteiger partial charge in [0.2, 0.25) is 6.33 Å². The number of carbonyl (C=O) groups is 1. The minimum atomic E-state index is -0.995. The number of aryl methyl sites for hydroxylation is 1. The lowest BCUT2D eigenvalue weighted by Crippen LogP contribution is -2.24. The van der Waals surface area contributed by atoms with Gasteiger partial charge >= 0.3 is 0 Å². The average molecular weight is 210 g/mol. The summed E-state index contributed by atoms with van der Waals surface area (Å²) in [7, 11) is 2.01. The van der Waals surface area contributed by atoms with Crippen LogP contribution in [0.2, 0.25) is 0 Å². The fourth-order valence-corrected chi connectivity index (χ4v) is 0.832. The van der Waals surface area contributed by atoms with Gasteiger partial charge in [0.25, 0.3) is 0 Å². The molecular formula is C11H18N2O2. The topological polar surface area (TPSA) is 48.9 Å². The highest BCUT2D eigenvalue weighted by molar-refractivity contribution is 5.63. The Morgan fingerprint density at radius 3 is 2.53 bits per heavy atom. The highest BCUT2D eigenvalue weighted by atomic mass is 16.4. The monoisotopic (exact) mass is 210 g/mol. The summed E-state index contributed by atoms with van der Waals surface area (Å²) in [5.74, 6) is -0.995. The number of carboxylic acid groups (broad SMARTS) is 1. The van der Waals surface area contributed by atoms with Gasteiger partial charge in [-0.2, -0.15) is 0 Å². The van der Waals surface area contributed by atoms with Gasteiger partial charge in [0.05, 0.1) is 7.05 Å². The van der Waals surface area contributed by atoms with E-state index in [9.17, 15) is 9.90 Å². The lowest BCUT2D eigenvalue weighted by atomic mass is 10.3. The molecule has 0 aliphatic rings. The van der Waals surface area contributed by atoms with Crippen molar-refractivity contribution in [2.45, 2.75) is 26.3 Å². The van der Waals surface area contributed by atoms with Gasteiger partial charge in [-0.25, -0.2) is 9.13 Å². The van der Waals surface area contributed by atoms with Crippen LogP contribution in [0, 0.1) is 0 Å². The Morgan fingerprint density at radius 1 is 1.73 bits per heavy atom. The molecule has 0 bridgehead atoms. The molecule has 1 rings (SSSR count). The van der Waals surface area contributed by atoms with E-state index >= 15 is 0 Å². The van der Waals surface area contributed by atoms with E-state index in [1.807, 2.05) is 36.4 Å². The fraction of sp³-hybridized carbons (Fsp3) is 0.455. The normalized spacial score (nSPS) is 11.1. The van der Waals surface area contributed by atoms with Crippen LogP contribution < -0.4 is 9.67 Å². The van der Waals surface area contributed by atoms with E-state index in [1.54, 1.807) is 0 Å². The smallest absolute Gasteiger partial charge is 0.244 e. The van der Waals surface area contributed by atoms with Crippen molar-refractivity contribution in [3.05, 3.63) is 31.4 Å². The number of hydrogen-bond donors (Lipinski definition) is 0. The molecule has 0 amide bonds. The lowest BCUT2D eigenvalue weighted by Gasteiger charge is -1.97. The number of nitrogens with zero attached hydrogens (tertiary/aromatic N) is 2. The van der Waals surface area contributed by atoms with Crippen molar-refractivity contribution in [2.24, 2.45) is 7.05 Å². The van der Waals surface area contributed by atoms with E-state index in [0.717, 1.165) is 0 Å². The van der Waals surface area contributed by atoms with Crippen LogP contribution in [0.3, 0.4) is 0 Å². The number of carboxylic acids is 1. The molecule has 4 heteroatoms. The highest BCUT2D eigenvalue weighted by Gasteiger charge is 2.04. The Bertz CT molecular complexity index is 318. The molecule has 0 aromatic carbocycles. The third-order valence-corrected chi connectivity index (χ3v) is 1.89. The molecule has 15 heavy (non-hydrogen) atoms. The summed E-state index contributed by atoms with van der Waals surface area (Å²) >= 11 is 0. The Balaban J connectivity index is 0.000000336. The number of carbonyl (C=O) groups excluding carboxylic acids is 1. The van der Waals surface area contributed by atoms with Crippen molar-refractivity contribution in [1.29, 1.82) is 0 Å². The zero-order chi connectivity index (χ0) is 11.8. The molecule has 0 fully saturated rings. The van der Waals surface area contributed by atoms with Crippen LogP contribution in [0.15, 0.2) is 31.4 Å². The Kier molecular flexibility index (Phi) is 6.09. The second kappa shape index (κ2) is 6.81. The molecule has 0 saturated heterocycles. The first-order valence-corrected chi connectivity index (χ1v) is 4.86. The van der Waals surface area contributed by atoms with E-state index in [1.165, 1.54) is 6.92 Å². The van der Waals surface area contributed by atoms with Crippen molar-refractivity contribution in [3.8, 4) is 0 Å². The SMILES string of the molecule is C=CC(C)n1cc[n+](C)c1.CCC(=O)[O-]. The predicted octanol–water partition coefficient (Wildman–Crippen LogP) is 0.206.